The number of hydrogen-bond acceptors (Lipinski definition) is 2. The van der Waals surface area contributed by atoms with Gasteiger partial charge in [0, 0.05) is 16.2 Å². The van der Waals surface area contributed by atoms with Crippen LogP contribution in [0.3, 0.4) is 0 Å². The average molecular weight is 306 g/mol. The molecule has 2 heterocycles. The van der Waals surface area contributed by atoms with E-state index in [1.165, 1.54) is 12.1 Å². The summed E-state index contributed by atoms with van der Waals surface area (Å²) in [5.41, 5.74) is 3.03. The molecule has 0 fully saturated rings. The first-order valence-electron chi connectivity index (χ1n) is 5.41. The Hall–Kier alpha value is -1.75. The van der Waals surface area contributed by atoms with Gasteiger partial charge in [-0.3, -0.25) is 0 Å². The molecule has 0 aliphatic carbocycles. The number of aryl methyl sites for hydroxylation is 1. The molecule has 0 aliphatic heterocycles. The molecular formula is C13H9BrFN3. The maximum Gasteiger partial charge on any atom is 0.178 e. The number of fused-ring (bicyclic) bond motifs is 1. The second-order valence-electron chi connectivity index (χ2n) is 4.13. The van der Waals surface area contributed by atoms with Crippen LogP contribution in [-0.2, 0) is 0 Å². The third-order valence-electron chi connectivity index (χ3n) is 2.62. The van der Waals surface area contributed by atoms with E-state index >= 15 is 0 Å². The quantitative estimate of drug-likeness (QED) is 0.742. The molecule has 0 saturated heterocycles. The molecule has 0 unspecified atom stereocenters. The van der Waals surface area contributed by atoms with Crippen LogP contribution in [0.5, 0.6) is 0 Å². The van der Waals surface area contributed by atoms with Gasteiger partial charge in [-0.2, -0.15) is 0 Å². The highest BCUT2D eigenvalue weighted by Gasteiger charge is 2.08. The predicted molar refractivity (Wildman–Crippen MR) is 71.7 cm³/mol. The summed E-state index contributed by atoms with van der Waals surface area (Å²) in [5.74, 6) is 0.359. The highest BCUT2D eigenvalue weighted by atomic mass is 79.9. The van der Waals surface area contributed by atoms with Crippen LogP contribution in [0, 0.1) is 12.7 Å². The molecular weight excluding hydrogens is 297 g/mol. The molecule has 2 aromatic heterocycles. The van der Waals surface area contributed by atoms with Crippen LogP contribution in [0.2, 0.25) is 0 Å². The van der Waals surface area contributed by atoms with Gasteiger partial charge in [-0.15, -0.1) is 0 Å². The number of pyridine rings is 1. The maximum absolute atomic E-state index is 13.4. The van der Waals surface area contributed by atoms with Crippen molar-refractivity contribution in [1.82, 2.24) is 15.0 Å². The molecule has 0 aliphatic rings. The second kappa shape index (κ2) is 4.17. The van der Waals surface area contributed by atoms with Gasteiger partial charge < -0.3 is 4.98 Å². The molecule has 18 heavy (non-hydrogen) atoms. The van der Waals surface area contributed by atoms with Crippen LogP contribution in [0.25, 0.3) is 22.6 Å². The Morgan fingerprint density at radius 3 is 2.83 bits per heavy atom. The highest BCUT2D eigenvalue weighted by molar-refractivity contribution is 9.10. The number of nitrogens with zero attached hydrogens (tertiary/aromatic N) is 2. The number of hydrogen-bond donors (Lipinski definition) is 1. The molecule has 1 aromatic carbocycles. The summed E-state index contributed by atoms with van der Waals surface area (Å²) in [4.78, 5) is 11.7. The number of H-pyrrole nitrogens is 1. The van der Waals surface area contributed by atoms with Gasteiger partial charge in [-0.05, 0) is 52.7 Å². The summed E-state index contributed by atoms with van der Waals surface area (Å²) in [6.07, 6.45) is 1.68. The van der Waals surface area contributed by atoms with Crippen molar-refractivity contribution in [2.24, 2.45) is 0 Å². The number of rotatable bonds is 1. The summed E-state index contributed by atoms with van der Waals surface area (Å²) in [6.45, 7) is 1.85. The van der Waals surface area contributed by atoms with Crippen molar-refractivity contribution in [2.45, 2.75) is 6.92 Å². The Morgan fingerprint density at radius 2 is 2.06 bits per heavy atom. The van der Waals surface area contributed by atoms with E-state index in [0.717, 1.165) is 21.1 Å². The molecule has 1 N–H and O–H groups in total. The van der Waals surface area contributed by atoms with Gasteiger partial charge in [0.1, 0.15) is 11.6 Å². The standard InChI is InChI=1S/C13H9BrFN3/c1-7-2-8(4-10(15)3-7)12-17-11-5-9(14)6-16-13(11)18-12/h2-6H,1H3,(H,16,17,18). The van der Waals surface area contributed by atoms with E-state index in [2.05, 4.69) is 30.9 Å². The monoisotopic (exact) mass is 305 g/mol. The first-order chi connectivity index (χ1) is 8.61. The second-order valence-corrected chi connectivity index (χ2v) is 5.04. The van der Waals surface area contributed by atoms with Gasteiger partial charge in [0.2, 0.25) is 0 Å². The Labute approximate surface area is 111 Å². The fourth-order valence-electron chi connectivity index (χ4n) is 1.88. The maximum atomic E-state index is 13.4. The first-order valence-corrected chi connectivity index (χ1v) is 6.20. The average Bonchev–Trinajstić information content (AvgIpc) is 2.70. The van der Waals surface area contributed by atoms with Gasteiger partial charge in [-0.1, -0.05) is 0 Å². The summed E-state index contributed by atoms with van der Waals surface area (Å²) >= 11 is 3.35. The molecule has 0 spiro atoms. The van der Waals surface area contributed by atoms with Gasteiger partial charge in [0.15, 0.2) is 5.65 Å². The highest BCUT2D eigenvalue weighted by Crippen LogP contribution is 2.23. The lowest BCUT2D eigenvalue weighted by Crippen LogP contribution is -1.85. The third kappa shape index (κ3) is 2.01. The van der Waals surface area contributed by atoms with Crippen LogP contribution in [0.4, 0.5) is 4.39 Å². The summed E-state index contributed by atoms with van der Waals surface area (Å²) in [7, 11) is 0. The molecule has 0 bridgehead atoms. The van der Waals surface area contributed by atoms with E-state index in [-0.39, 0.29) is 5.82 Å². The Morgan fingerprint density at radius 1 is 1.22 bits per heavy atom. The minimum atomic E-state index is -0.264. The molecule has 90 valence electrons. The zero-order valence-electron chi connectivity index (χ0n) is 9.54. The van der Waals surface area contributed by atoms with Gasteiger partial charge in [0.05, 0.1) is 5.52 Å². The van der Waals surface area contributed by atoms with Crippen LogP contribution in [0.15, 0.2) is 34.9 Å². The normalized spacial score (nSPS) is 11.1. The largest absolute Gasteiger partial charge is 0.337 e. The van der Waals surface area contributed by atoms with Crippen molar-refractivity contribution >= 4 is 27.1 Å². The molecule has 0 saturated carbocycles. The topological polar surface area (TPSA) is 41.6 Å². The van der Waals surface area contributed by atoms with E-state index in [0.29, 0.717) is 11.5 Å². The minimum absolute atomic E-state index is 0.264. The van der Waals surface area contributed by atoms with E-state index in [1.54, 1.807) is 6.20 Å². The van der Waals surface area contributed by atoms with E-state index in [9.17, 15) is 4.39 Å². The van der Waals surface area contributed by atoms with Gasteiger partial charge >= 0.3 is 0 Å². The zero-order valence-corrected chi connectivity index (χ0v) is 11.1. The Kier molecular flexibility index (Phi) is 2.63. The Bertz CT molecular complexity index is 716. The number of halogens is 2. The minimum Gasteiger partial charge on any atom is -0.337 e. The molecule has 5 heteroatoms. The van der Waals surface area contributed by atoms with Gasteiger partial charge in [-0.25, -0.2) is 14.4 Å². The zero-order chi connectivity index (χ0) is 12.7. The summed E-state index contributed by atoms with van der Waals surface area (Å²) in [6, 6.07) is 6.72. The predicted octanol–water partition coefficient (Wildman–Crippen LogP) is 3.83. The van der Waals surface area contributed by atoms with E-state index < -0.39 is 0 Å². The molecule has 0 amide bonds. The smallest absolute Gasteiger partial charge is 0.178 e. The van der Waals surface area contributed by atoms with E-state index in [1.807, 2.05) is 19.1 Å². The molecule has 3 nitrogen and oxygen atoms in total. The van der Waals surface area contributed by atoms with E-state index in [4.69, 9.17) is 0 Å². The van der Waals surface area contributed by atoms with Crippen LogP contribution in [-0.4, -0.2) is 15.0 Å². The molecule has 3 rings (SSSR count). The lowest BCUT2D eigenvalue weighted by molar-refractivity contribution is 0.627. The van der Waals surface area contributed by atoms with Crippen LogP contribution >= 0.6 is 15.9 Å². The van der Waals surface area contributed by atoms with Crippen molar-refractivity contribution in [2.75, 3.05) is 0 Å². The number of imidazole rings is 1. The summed E-state index contributed by atoms with van der Waals surface area (Å²) in [5, 5.41) is 0. The third-order valence-corrected chi connectivity index (χ3v) is 3.05. The van der Waals surface area contributed by atoms with Crippen molar-refractivity contribution in [3.63, 3.8) is 0 Å². The Balaban J connectivity index is 2.19. The fraction of sp³-hybridized carbons (Fsp3) is 0.0769. The van der Waals surface area contributed by atoms with Crippen molar-refractivity contribution in [1.29, 1.82) is 0 Å². The lowest BCUT2D eigenvalue weighted by atomic mass is 10.1. The fourth-order valence-corrected chi connectivity index (χ4v) is 2.22. The lowest BCUT2D eigenvalue weighted by Gasteiger charge is -1.99. The molecule has 3 aromatic rings. The van der Waals surface area contributed by atoms with Crippen molar-refractivity contribution < 1.29 is 4.39 Å². The van der Waals surface area contributed by atoms with Crippen molar-refractivity contribution in [3.05, 3.63) is 46.3 Å². The SMILES string of the molecule is Cc1cc(F)cc(-c2nc3ncc(Br)cc3[nH]2)c1. The van der Waals surface area contributed by atoms with Crippen LogP contribution < -0.4 is 0 Å². The van der Waals surface area contributed by atoms with Crippen molar-refractivity contribution in [3.8, 4) is 11.4 Å². The molecule has 0 atom stereocenters. The number of aromatic amines is 1. The van der Waals surface area contributed by atoms with Crippen LogP contribution in [0.1, 0.15) is 5.56 Å². The summed E-state index contributed by atoms with van der Waals surface area (Å²) < 4.78 is 14.2. The molecule has 0 radical (unpaired) electrons. The number of aromatic nitrogens is 3. The van der Waals surface area contributed by atoms with Gasteiger partial charge in [0.25, 0.3) is 0 Å². The number of benzene rings is 1. The first kappa shape index (κ1) is 11.3. The number of nitrogens with one attached hydrogen (secondary N) is 1.